The Morgan fingerprint density at radius 1 is 0.651 bits per heavy atom. The first-order valence-electron chi connectivity index (χ1n) is 15.1. The maximum Gasteiger partial charge on any atom is 1.00 e. The van der Waals surface area contributed by atoms with Gasteiger partial charge in [0.2, 0.25) is 0 Å². The fourth-order valence-electron chi connectivity index (χ4n) is 5.32. The number of nitrogens with zero attached hydrogens (tertiary/aromatic N) is 2. The maximum absolute atomic E-state index is 11.5. The summed E-state index contributed by atoms with van der Waals surface area (Å²) in [7, 11) is -9.22. The summed E-state index contributed by atoms with van der Waals surface area (Å²) >= 11 is 0. The molecule has 12 heteroatoms. The molecule has 3 aromatic rings. The molecule has 0 fully saturated rings. The van der Waals surface area contributed by atoms with E-state index in [0.717, 1.165) is 25.1 Å². The summed E-state index contributed by atoms with van der Waals surface area (Å²) in [6, 6.07) is 9.96. The van der Waals surface area contributed by atoms with Gasteiger partial charge in [-0.05, 0) is 42.3 Å². The van der Waals surface area contributed by atoms with Crippen LogP contribution in [0.1, 0.15) is 115 Å². The van der Waals surface area contributed by atoms with Gasteiger partial charge in [-0.3, -0.25) is 0 Å². The van der Waals surface area contributed by atoms with Gasteiger partial charge in [0.25, 0.3) is 0 Å². The topological polar surface area (TPSA) is 132 Å². The molecule has 0 unspecified atom stereocenters. The third-order valence-corrected chi connectivity index (χ3v) is 9.28. The number of benzene rings is 2. The largest absolute Gasteiger partial charge is 1.00 e. The van der Waals surface area contributed by atoms with Crippen molar-refractivity contribution < 1.29 is 85.1 Å². The quantitative estimate of drug-likeness (QED) is 0.102. The molecular weight excluding hydrogens is 606 g/mol. The summed E-state index contributed by atoms with van der Waals surface area (Å²) in [5.41, 5.74) is 1.65. The Morgan fingerprint density at radius 3 is 1.65 bits per heavy atom. The Balaban J connectivity index is 0.00000462. The molecule has 0 radical (unpaired) electrons. The maximum atomic E-state index is 11.5. The van der Waals surface area contributed by atoms with Crippen LogP contribution < -0.4 is 59.1 Å². The van der Waals surface area contributed by atoms with E-state index in [1.165, 1.54) is 107 Å². The van der Waals surface area contributed by atoms with Crippen LogP contribution in [0.4, 0.5) is 0 Å². The molecule has 0 N–H and O–H groups in total. The van der Waals surface area contributed by atoms with Gasteiger partial charge in [-0.15, -0.1) is 0 Å². The van der Waals surface area contributed by atoms with Crippen molar-refractivity contribution in [3.8, 4) is 0 Å². The molecule has 8 nitrogen and oxygen atoms in total. The second kappa shape index (κ2) is 20.8. The average molecular weight is 651 g/mol. The molecule has 228 valence electrons. The smallest absolute Gasteiger partial charge is 0.744 e. The summed E-state index contributed by atoms with van der Waals surface area (Å²) in [6.07, 6.45) is 19.7. The molecule has 0 amide bonds. The van der Waals surface area contributed by atoms with E-state index < -0.39 is 20.2 Å². The zero-order valence-electron chi connectivity index (χ0n) is 26.2. The van der Waals surface area contributed by atoms with E-state index in [0.29, 0.717) is 23.0 Å². The van der Waals surface area contributed by atoms with E-state index in [1.54, 1.807) is 12.1 Å². The van der Waals surface area contributed by atoms with E-state index in [-0.39, 0.29) is 75.5 Å². The molecule has 43 heavy (non-hydrogen) atoms. The van der Waals surface area contributed by atoms with Gasteiger partial charge in [-0.1, -0.05) is 109 Å². The molecule has 2 aromatic carbocycles. The number of hydrogen-bond acceptors (Lipinski definition) is 7. The summed E-state index contributed by atoms with van der Waals surface area (Å²) < 4.78 is 71.0. The van der Waals surface area contributed by atoms with Crippen molar-refractivity contribution in [2.45, 2.75) is 126 Å². The van der Waals surface area contributed by atoms with Crippen molar-refractivity contribution in [3.63, 3.8) is 0 Å². The first-order chi connectivity index (χ1) is 19.6. The van der Waals surface area contributed by atoms with Gasteiger partial charge >= 0.3 is 59.1 Å². The fourth-order valence-corrected chi connectivity index (χ4v) is 6.35. The van der Waals surface area contributed by atoms with Gasteiger partial charge in [-0.2, -0.15) is 0 Å². The second-order valence-electron chi connectivity index (χ2n) is 11.0. The second-order valence-corrected chi connectivity index (χ2v) is 13.8. The molecule has 0 aliphatic heterocycles. The molecule has 1 heterocycles. The van der Waals surface area contributed by atoms with Crippen LogP contribution in [0, 0.1) is 0 Å². The molecule has 0 saturated heterocycles. The van der Waals surface area contributed by atoms with Crippen molar-refractivity contribution in [3.05, 3.63) is 53.9 Å². The summed E-state index contributed by atoms with van der Waals surface area (Å²) in [5, 5.41) is 0. The summed E-state index contributed by atoms with van der Waals surface area (Å²) in [4.78, 5) is 3.99. The van der Waals surface area contributed by atoms with E-state index >= 15 is 0 Å². The van der Waals surface area contributed by atoms with Gasteiger partial charge in [0.15, 0.2) is 0 Å². The van der Waals surface area contributed by atoms with Crippen molar-refractivity contribution >= 4 is 31.3 Å². The molecule has 0 saturated carbocycles. The summed E-state index contributed by atoms with van der Waals surface area (Å²) in [6.45, 7) is 2.51. The number of unbranched alkanes of at least 4 members (excludes halogenated alkanes) is 14. The Kier molecular flexibility index (Phi) is 19.7. The third kappa shape index (κ3) is 14.4. The zero-order valence-corrected chi connectivity index (χ0v) is 31.9. The van der Waals surface area contributed by atoms with Crippen molar-refractivity contribution in [1.82, 2.24) is 9.55 Å². The predicted molar refractivity (Wildman–Crippen MR) is 160 cm³/mol. The molecule has 0 aliphatic carbocycles. The van der Waals surface area contributed by atoms with Gasteiger partial charge in [0.05, 0.1) is 20.8 Å². The molecule has 3 rings (SSSR count). The van der Waals surface area contributed by atoms with Crippen LogP contribution in [0.15, 0.2) is 52.3 Å². The minimum atomic E-state index is -4.62. The summed E-state index contributed by atoms with van der Waals surface area (Å²) in [5.74, 6) is 0.727. The van der Waals surface area contributed by atoms with Gasteiger partial charge < -0.3 is 13.7 Å². The fraction of sp³-hybridized carbons (Fsp3) is 0.581. The zero-order chi connectivity index (χ0) is 29.7. The predicted octanol–water partition coefficient (Wildman–Crippen LogP) is 1.31. The van der Waals surface area contributed by atoms with Gasteiger partial charge in [0.1, 0.15) is 26.1 Å². The van der Waals surface area contributed by atoms with Crippen LogP contribution >= 0.6 is 0 Å². The first kappa shape index (κ1) is 40.8. The van der Waals surface area contributed by atoms with Crippen LogP contribution in [-0.2, 0) is 33.2 Å². The number of hydrogen-bond donors (Lipinski definition) is 0. The number of rotatable bonds is 20. The van der Waals surface area contributed by atoms with Gasteiger partial charge in [0, 0.05) is 13.0 Å². The van der Waals surface area contributed by atoms with E-state index in [1.807, 2.05) is 4.57 Å². The van der Waals surface area contributed by atoms with Gasteiger partial charge in [-0.25, -0.2) is 21.8 Å². The number of fused-ring (bicyclic) bond motifs is 1. The van der Waals surface area contributed by atoms with Crippen molar-refractivity contribution in [2.24, 2.45) is 0 Å². The van der Waals surface area contributed by atoms with Crippen LogP contribution in [0.2, 0.25) is 0 Å². The number of imidazole rings is 1. The van der Waals surface area contributed by atoms with Crippen LogP contribution in [0.25, 0.3) is 11.0 Å². The Bertz CT molecular complexity index is 1460. The standard InChI is InChI=1S/C31H46N2O6S2.2Na/c1-2-3-4-5-6-7-8-9-10-11-12-13-14-15-16-20-31-32-29-24-28(41(37,38)39)21-22-30(29)33(31)25-26-18-17-19-27(23-26)40(34,35)36;;/h17-19,21-24H,2-16,20,25H2,1H3,(H,34,35,36)(H,37,38,39);;/q;2*+1/p-2. The normalized spacial score (nSPS) is 11.8. The van der Waals surface area contributed by atoms with E-state index in [2.05, 4.69) is 11.9 Å². The molecule has 0 atom stereocenters. The monoisotopic (exact) mass is 650 g/mol. The van der Waals surface area contributed by atoms with E-state index in [9.17, 15) is 25.9 Å². The molecule has 1 aromatic heterocycles. The minimum Gasteiger partial charge on any atom is -0.744 e. The number of aromatic nitrogens is 2. The molecule has 0 aliphatic rings. The number of aryl methyl sites for hydroxylation is 1. The van der Waals surface area contributed by atoms with Crippen molar-refractivity contribution in [1.29, 1.82) is 0 Å². The van der Waals surface area contributed by atoms with Crippen molar-refractivity contribution in [2.75, 3.05) is 0 Å². The van der Waals surface area contributed by atoms with Crippen LogP contribution in [0.3, 0.4) is 0 Å². The van der Waals surface area contributed by atoms with Crippen LogP contribution in [-0.4, -0.2) is 35.5 Å². The molecule has 0 bridgehead atoms. The molecular formula is C31H44N2Na2O6S2. The minimum absolute atomic E-state index is 0. The Hall–Kier alpha value is -0.270. The Labute approximate surface area is 302 Å². The van der Waals surface area contributed by atoms with Crippen LogP contribution in [0.5, 0.6) is 0 Å². The first-order valence-corrected chi connectivity index (χ1v) is 17.9. The SMILES string of the molecule is CCCCCCCCCCCCCCCCCc1nc2cc(S(=O)(=O)[O-])ccc2n1Cc1cccc(S(=O)(=O)[O-])c1.[Na+].[Na+]. The average Bonchev–Trinajstić information content (AvgIpc) is 3.26. The molecule has 0 spiro atoms. The van der Waals surface area contributed by atoms with E-state index in [4.69, 9.17) is 0 Å². The Morgan fingerprint density at radius 2 is 1.14 bits per heavy atom. The third-order valence-electron chi connectivity index (χ3n) is 7.62.